The van der Waals surface area contributed by atoms with E-state index in [0.29, 0.717) is 12.3 Å². The molecule has 1 aromatic rings. The second-order valence-corrected chi connectivity index (χ2v) is 3.82. The maximum Gasteiger partial charge on any atom is 0.243 e. The first kappa shape index (κ1) is 9.61. The molecule has 1 unspecified atom stereocenters. The van der Waals surface area contributed by atoms with Gasteiger partial charge in [0.25, 0.3) is 0 Å². The molecular weight excluding hydrogens is 182 g/mol. The molecule has 2 rings (SSSR count). The molecule has 0 aromatic carbocycles. The molecule has 0 aliphatic heterocycles. The van der Waals surface area contributed by atoms with Crippen molar-refractivity contribution in [2.24, 2.45) is 11.7 Å². The van der Waals surface area contributed by atoms with Crippen LogP contribution in [0.15, 0.2) is 4.52 Å². The quantitative estimate of drug-likeness (QED) is 0.713. The molecule has 0 spiro atoms. The van der Waals surface area contributed by atoms with E-state index in [9.17, 15) is 0 Å². The van der Waals surface area contributed by atoms with Crippen LogP contribution in [0.4, 0.5) is 0 Å². The molecule has 1 aromatic heterocycles. The molecule has 78 valence electrons. The topological polar surface area (TPSA) is 85.2 Å². The third-order valence-corrected chi connectivity index (χ3v) is 2.41. The van der Waals surface area contributed by atoms with Gasteiger partial charge in [-0.1, -0.05) is 5.16 Å². The Bertz CT molecular complexity index is 296. The van der Waals surface area contributed by atoms with Crippen LogP contribution >= 0.6 is 0 Å². The van der Waals surface area contributed by atoms with Gasteiger partial charge in [-0.05, 0) is 25.2 Å². The van der Waals surface area contributed by atoms with Gasteiger partial charge in [0.15, 0.2) is 5.82 Å². The van der Waals surface area contributed by atoms with Crippen molar-refractivity contribution < 1.29 is 9.63 Å². The Morgan fingerprint density at radius 2 is 2.36 bits per heavy atom. The Balaban J connectivity index is 1.93. The zero-order valence-corrected chi connectivity index (χ0v) is 8.02. The highest BCUT2D eigenvalue weighted by molar-refractivity contribution is 4.95. The lowest BCUT2D eigenvalue weighted by Crippen LogP contribution is -2.12. The maximum absolute atomic E-state index is 8.69. The predicted octanol–water partition coefficient (Wildman–Crippen LogP) is 0.404. The van der Waals surface area contributed by atoms with Crippen LogP contribution in [0.25, 0.3) is 0 Å². The number of hydrogen-bond donors (Lipinski definition) is 2. The molecule has 1 saturated carbocycles. The van der Waals surface area contributed by atoms with Gasteiger partial charge in [-0.25, -0.2) is 0 Å². The van der Waals surface area contributed by atoms with E-state index in [2.05, 4.69) is 10.1 Å². The lowest BCUT2D eigenvalue weighted by Gasteiger charge is -2.01. The van der Waals surface area contributed by atoms with E-state index >= 15 is 0 Å². The standard InChI is InChI=1S/C9H15N3O2/c10-7(3-4-13)9-11-8(12-14-9)5-6-1-2-6/h6-7,13H,1-5,10H2. The van der Waals surface area contributed by atoms with Crippen LogP contribution in [-0.4, -0.2) is 21.9 Å². The normalized spacial score (nSPS) is 18.4. The highest BCUT2D eigenvalue weighted by Crippen LogP contribution is 2.31. The Labute approximate surface area is 82.3 Å². The largest absolute Gasteiger partial charge is 0.396 e. The molecule has 1 fully saturated rings. The molecule has 3 N–H and O–H groups in total. The van der Waals surface area contributed by atoms with Gasteiger partial charge in [-0.15, -0.1) is 0 Å². The minimum absolute atomic E-state index is 0.0432. The summed E-state index contributed by atoms with van der Waals surface area (Å²) >= 11 is 0. The number of aromatic nitrogens is 2. The summed E-state index contributed by atoms with van der Waals surface area (Å²) in [5.74, 6) is 1.93. The highest BCUT2D eigenvalue weighted by Gasteiger charge is 2.24. The van der Waals surface area contributed by atoms with E-state index in [1.165, 1.54) is 12.8 Å². The molecule has 14 heavy (non-hydrogen) atoms. The Hall–Kier alpha value is -0.940. The summed E-state index contributed by atoms with van der Waals surface area (Å²) in [5.41, 5.74) is 5.71. The van der Waals surface area contributed by atoms with Gasteiger partial charge in [0.05, 0.1) is 6.04 Å². The maximum atomic E-state index is 8.69. The summed E-state index contributed by atoms with van der Waals surface area (Å²) in [5, 5.41) is 12.5. The third-order valence-electron chi connectivity index (χ3n) is 2.41. The lowest BCUT2D eigenvalue weighted by atomic mass is 10.2. The van der Waals surface area contributed by atoms with Gasteiger partial charge < -0.3 is 15.4 Å². The van der Waals surface area contributed by atoms with E-state index in [4.69, 9.17) is 15.4 Å². The van der Waals surface area contributed by atoms with Crippen LogP contribution in [0.1, 0.15) is 37.0 Å². The van der Waals surface area contributed by atoms with Crippen molar-refractivity contribution >= 4 is 0 Å². The summed E-state index contributed by atoms with van der Waals surface area (Å²) in [4.78, 5) is 4.20. The van der Waals surface area contributed by atoms with Crippen LogP contribution in [0, 0.1) is 5.92 Å². The highest BCUT2D eigenvalue weighted by atomic mass is 16.5. The molecule has 0 amide bonds. The number of aliphatic hydroxyl groups is 1. The zero-order valence-electron chi connectivity index (χ0n) is 8.02. The smallest absolute Gasteiger partial charge is 0.243 e. The molecule has 1 aliphatic rings. The van der Waals surface area contributed by atoms with Crippen molar-refractivity contribution in [3.8, 4) is 0 Å². The number of nitrogens with zero attached hydrogens (tertiary/aromatic N) is 2. The average molecular weight is 197 g/mol. The van der Waals surface area contributed by atoms with Gasteiger partial charge in [0.1, 0.15) is 0 Å². The summed E-state index contributed by atoms with van der Waals surface area (Å²) < 4.78 is 5.01. The first-order chi connectivity index (χ1) is 6.79. The molecule has 0 saturated heterocycles. The third kappa shape index (κ3) is 2.30. The Kier molecular flexibility index (Phi) is 2.79. The minimum Gasteiger partial charge on any atom is -0.396 e. The van der Waals surface area contributed by atoms with Crippen LogP contribution < -0.4 is 5.73 Å². The van der Waals surface area contributed by atoms with Crippen LogP contribution in [0.3, 0.4) is 0 Å². The van der Waals surface area contributed by atoms with Crippen molar-refractivity contribution in [2.75, 3.05) is 6.61 Å². The summed E-state index contributed by atoms with van der Waals surface area (Å²) in [7, 11) is 0. The number of rotatable bonds is 5. The summed E-state index contributed by atoms with van der Waals surface area (Å²) in [6, 6.07) is -0.333. The Morgan fingerprint density at radius 1 is 1.57 bits per heavy atom. The fourth-order valence-electron chi connectivity index (χ4n) is 1.34. The molecule has 5 heteroatoms. The van der Waals surface area contributed by atoms with Crippen LogP contribution in [-0.2, 0) is 6.42 Å². The summed E-state index contributed by atoms with van der Waals surface area (Å²) in [6.45, 7) is 0.0432. The van der Waals surface area contributed by atoms with Crippen molar-refractivity contribution in [2.45, 2.75) is 31.7 Å². The monoisotopic (exact) mass is 197 g/mol. The van der Waals surface area contributed by atoms with E-state index < -0.39 is 0 Å². The first-order valence-corrected chi connectivity index (χ1v) is 4.98. The minimum atomic E-state index is -0.333. The molecule has 1 aliphatic carbocycles. The lowest BCUT2D eigenvalue weighted by molar-refractivity contribution is 0.259. The van der Waals surface area contributed by atoms with Crippen molar-refractivity contribution in [3.63, 3.8) is 0 Å². The second kappa shape index (κ2) is 4.06. The SMILES string of the molecule is NC(CCO)c1nc(CC2CC2)no1. The molecule has 5 nitrogen and oxygen atoms in total. The number of hydrogen-bond acceptors (Lipinski definition) is 5. The summed E-state index contributed by atoms with van der Waals surface area (Å²) in [6.07, 6.45) is 3.90. The van der Waals surface area contributed by atoms with Crippen LogP contribution in [0.5, 0.6) is 0 Å². The Morgan fingerprint density at radius 3 is 3.00 bits per heavy atom. The van der Waals surface area contributed by atoms with Gasteiger partial charge in [-0.3, -0.25) is 0 Å². The first-order valence-electron chi connectivity index (χ1n) is 4.98. The molecule has 0 bridgehead atoms. The van der Waals surface area contributed by atoms with Gasteiger partial charge in [0, 0.05) is 13.0 Å². The van der Waals surface area contributed by atoms with E-state index in [0.717, 1.165) is 18.2 Å². The zero-order chi connectivity index (χ0) is 9.97. The van der Waals surface area contributed by atoms with Gasteiger partial charge >= 0.3 is 0 Å². The molecular formula is C9H15N3O2. The van der Waals surface area contributed by atoms with Crippen LogP contribution in [0.2, 0.25) is 0 Å². The second-order valence-electron chi connectivity index (χ2n) is 3.82. The van der Waals surface area contributed by atoms with E-state index in [1.54, 1.807) is 0 Å². The number of aliphatic hydroxyl groups excluding tert-OH is 1. The fourth-order valence-corrected chi connectivity index (χ4v) is 1.34. The van der Waals surface area contributed by atoms with Gasteiger partial charge in [-0.2, -0.15) is 4.98 Å². The fraction of sp³-hybridized carbons (Fsp3) is 0.778. The van der Waals surface area contributed by atoms with Crippen molar-refractivity contribution in [3.05, 3.63) is 11.7 Å². The van der Waals surface area contributed by atoms with E-state index in [1.807, 2.05) is 0 Å². The predicted molar refractivity (Wildman–Crippen MR) is 49.4 cm³/mol. The molecule has 0 radical (unpaired) electrons. The van der Waals surface area contributed by atoms with E-state index in [-0.39, 0.29) is 12.6 Å². The molecule has 1 atom stereocenters. The van der Waals surface area contributed by atoms with Crippen molar-refractivity contribution in [1.82, 2.24) is 10.1 Å². The average Bonchev–Trinajstić information content (AvgIpc) is 2.82. The number of nitrogens with two attached hydrogens (primary N) is 1. The molecule has 1 heterocycles. The van der Waals surface area contributed by atoms with Crippen molar-refractivity contribution in [1.29, 1.82) is 0 Å². The van der Waals surface area contributed by atoms with Gasteiger partial charge in [0.2, 0.25) is 5.89 Å².